The van der Waals surface area contributed by atoms with E-state index in [1.165, 1.54) is 0 Å². The van der Waals surface area contributed by atoms with E-state index in [1.807, 2.05) is 37.3 Å². The number of hydrogen-bond donors (Lipinski definition) is 2. The van der Waals surface area contributed by atoms with E-state index in [1.54, 1.807) is 18.2 Å². The third kappa shape index (κ3) is 54.3. The second kappa shape index (κ2) is 83.6. The molecule has 0 heterocycles. The van der Waals surface area contributed by atoms with Gasteiger partial charge in [0.2, 0.25) is 0 Å². The van der Waals surface area contributed by atoms with Gasteiger partial charge in [0.1, 0.15) is 11.5 Å². The fraction of sp³-hybridized carbons (Fsp3) is 0.188. The first-order chi connectivity index (χ1) is 54.6. The molecule has 0 aliphatic heterocycles. The Bertz CT molecular complexity index is 2710. The van der Waals surface area contributed by atoms with E-state index in [2.05, 4.69) is 446 Å². The highest BCUT2D eigenvalue weighted by Crippen LogP contribution is 3.30. The van der Waals surface area contributed by atoms with Crippen molar-refractivity contribution >= 4 is 791 Å². The second-order valence-corrected chi connectivity index (χ2v) is 356. The molecule has 2 aromatic carbocycles. The van der Waals surface area contributed by atoms with Crippen LogP contribution in [0.5, 0.6) is 11.5 Å². The molecule has 684 valence electrons. The highest BCUT2D eigenvalue weighted by molar-refractivity contribution is 9.36. The van der Waals surface area contributed by atoms with E-state index in [0.29, 0.717) is 55.1 Å². The molecule has 0 fully saturated rings. The summed E-state index contributed by atoms with van der Waals surface area (Å²) in [6.07, 6.45) is 1.42. The maximum atomic E-state index is 10.7. The van der Waals surface area contributed by atoms with Crippen LogP contribution >= 0.6 is 736 Å². The minimum Gasteiger partial charge on any atom is -0.481 e. The second-order valence-electron chi connectivity index (χ2n) is 22.6. The number of rotatable bonds is 53. The van der Waals surface area contributed by atoms with Crippen molar-refractivity contribution in [3.05, 3.63) is 59.7 Å². The Morgan fingerprint density at radius 3 is 0.723 bits per heavy atom. The molecule has 2 rings (SSSR count). The summed E-state index contributed by atoms with van der Waals surface area (Å²) in [4.78, 5) is 10.7. The van der Waals surface area contributed by atoms with Crippen LogP contribution in [-0.4, -0.2) is 60.4 Å². The summed E-state index contributed by atoms with van der Waals surface area (Å²) in [6.45, 7) is -13.0. The van der Waals surface area contributed by atoms with Gasteiger partial charge < -0.3 is 15.6 Å². The number of carboxylic acid groups (broad SMARTS) is 1. The molecule has 3 N–H and O–H groups in total. The minimum absolute atomic E-state index is 0.103. The zero-order chi connectivity index (χ0) is 93.0. The molecule has 0 aromatic heterocycles. The van der Waals surface area contributed by atoms with Crippen LogP contribution < -0.4 is 10.5 Å². The number of ether oxygens (including phenoxy) is 1. The average molecular weight is 3280 g/mol. The monoisotopic (exact) mass is 3280 g/mol. The molecule has 54 unspecified atom stereocenters. The molecule has 4 nitrogen and oxygen atoms in total. The first-order valence-electron chi connectivity index (χ1n) is 30.4. The number of nitrogens with two attached hydrogens (primary N) is 1. The molecule has 0 amide bonds. The highest BCUT2D eigenvalue weighted by Gasteiger charge is 2.72. The molecule has 0 radical (unpaired) electrons. The molecular weight excluding hydrogens is 3160 g/mol. The smallest absolute Gasteiger partial charge is 0.305 e. The first-order valence-corrected chi connectivity index (χ1v) is 189. The molecule has 103 heteroatoms. The van der Waals surface area contributed by atoms with Crippen LogP contribution in [0.1, 0.15) is 23.6 Å². The molecule has 119 heavy (non-hydrogen) atoms. The van der Waals surface area contributed by atoms with Crippen LogP contribution in [0.3, 0.4) is 0 Å². The van der Waals surface area contributed by atoms with Crippen LogP contribution in [-0.2, 0) is 4.79 Å². The average Bonchev–Trinajstić information content (AvgIpc) is 0.707. The Balaban J connectivity index is 0.00000304. The molecular formula is C16H118B8NO3P91. The van der Waals surface area contributed by atoms with Crippen molar-refractivity contribution in [2.45, 2.75) is 19.4 Å². The quantitative estimate of drug-likeness (QED) is 0.0511. The molecule has 0 aliphatic rings. The minimum atomic E-state index is -0.914. The number of carboxylic acids is 1. The van der Waals surface area contributed by atoms with E-state index >= 15 is 0 Å². The van der Waals surface area contributed by atoms with Gasteiger partial charge in [-0.3, -0.25) is 4.79 Å². The van der Waals surface area contributed by atoms with Crippen molar-refractivity contribution < 1.29 is 14.6 Å². The molecule has 0 saturated heterocycles. The van der Waals surface area contributed by atoms with Crippen LogP contribution in [0, 0.1) is 6.92 Å². The number of carbonyl (C=O) groups is 1. The van der Waals surface area contributed by atoms with Gasteiger partial charge in [0.05, 0.1) is 19.2 Å². The van der Waals surface area contributed by atoms with Crippen molar-refractivity contribution in [2.75, 3.05) is 0 Å². The third-order valence-corrected chi connectivity index (χ3v) is 452. The van der Waals surface area contributed by atoms with Gasteiger partial charge in [-0.05, 0) is 246 Å². The molecule has 2 aromatic rings. The zero-order valence-corrected chi connectivity index (χ0v) is 158. The van der Waals surface area contributed by atoms with Crippen LogP contribution in [0.4, 0.5) is 0 Å². The van der Waals surface area contributed by atoms with Gasteiger partial charge in [-0.1, -0.05) is 110 Å². The number of hydrogen-bond acceptors (Lipinski definition) is 3. The lowest BCUT2D eigenvalue weighted by atomic mass is 8.65. The van der Waals surface area contributed by atoms with E-state index in [-0.39, 0.29) is 6.42 Å². The summed E-state index contributed by atoms with van der Waals surface area (Å²) in [6, 6.07) is 17.3. The van der Waals surface area contributed by atoms with E-state index in [0.717, 1.165) is 24.8 Å². The summed E-state index contributed by atoms with van der Waals surface area (Å²) in [7, 11) is 182. The van der Waals surface area contributed by atoms with E-state index < -0.39 is 293 Å². The molecule has 54 atom stereocenters. The predicted molar refractivity (Wildman–Crippen MR) is 894 cm³/mol. The van der Waals surface area contributed by atoms with Gasteiger partial charge in [-0.25, -0.2) is 0 Å². The predicted octanol–water partition coefficient (Wildman–Crippen LogP) is 51.5. The maximum absolute atomic E-state index is 10.7. The lowest BCUT2D eigenvalue weighted by Crippen LogP contribution is -2.73. The van der Waals surface area contributed by atoms with Crippen molar-refractivity contribution in [3.63, 3.8) is 0 Å². The van der Waals surface area contributed by atoms with Crippen LogP contribution in [0.25, 0.3) is 0 Å². The lowest BCUT2D eigenvalue weighted by Gasteiger charge is -2.61. The van der Waals surface area contributed by atoms with E-state index in [9.17, 15) is 4.79 Å². The standard InChI is InChI=1S/C16H17NO3.B8H101P91/c1-11-5-7-13(8-6-11)20-14-4-2-3-12(9-14)15(17)10-16(18)19;9-59-94(58)67(95(84(38)39)85(40)41)8(66(82(34)35)83(36)37)3(7(64(78(26)27)79(28)29)65(80(30)31)81(32)33)1(2(5(60(70(10)11)71(12)13)61(72(14)15)73(16)17)6(62(74(18)19)75(20)21)63(76(22)23)77(24)25)4(68(96(86(42)43)87(44)45)97(88(46)47)89(48)49)69(98(90(50)51)91(52)53)99(92(54)55)93(56)57/h2-9,15H,10,17H2,1H3,(H,18,19);59H,9-58H2. The molecule has 0 aliphatic carbocycles. The van der Waals surface area contributed by atoms with Crippen molar-refractivity contribution in [3.8, 4) is 11.5 Å². The van der Waals surface area contributed by atoms with Gasteiger partial charge in [0, 0.05) is 12.4 Å². The van der Waals surface area contributed by atoms with Crippen LogP contribution in [0.15, 0.2) is 48.5 Å². The summed E-state index contributed by atoms with van der Waals surface area (Å²) in [5.41, 5.74) is 7.75. The fourth-order valence-electron chi connectivity index (χ4n) is 11.0. The first kappa shape index (κ1) is 154. The van der Waals surface area contributed by atoms with Crippen molar-refractivity contribution in [1.82, 2.24) is 0 Å². The topological polar surface area (TPSA) is 72.5 Å². The van der Waals surface area contributed by atoms with Crippen molar-refractivity contribution in [1.29, 1.82) is 0 Å². The maximum Gasteiger partial charge on any atom is 0.305 e. The number of benzene rings is 2. The normalized spacial score (nSPS) is 14.2. The highest BCUT2D eigenvalue weighted by atomic mass is 33.3. The van der Waals surface area contributed by atoms with Gasteiger partial charge in [-0.2, -0.15) is 0 Å². The lowest BCUT2D eigenvalue weighted by molar-refractivity contribution is -0.137. The largest absolute Gasteiger partial charge is 0.481 e. The third-order valence-electron chi connectivity index (χ3n) is 14.6. The Hall–Kier alpha value is 37.3. The summed E-state index contributed by atoms with van der Waals surface area (Å²) >= 11 is 0. The zero-order valence-electron chi connectivity index (χ0n) is 63.1. The van der Waals surface area contributed by atoms with Gasteiger partial charge in [0.25, 0.3) is 0 Å². The SMILES string of the molecule is Cc1ccc(Oc2cccc(C(N)CC(=O)O)c2)cc1.PPP(P)P(B(B(B(B(B(P(P(P)P)P(P)P)P(P(P)P)P(P)P)B(P(P(P)P)P(P)P)P(P(P)P)P(P)P)B(P(P(P(P)P)P(P)P)P(P(P)P)P(P)P)P(P(P(P)P)P(P)P)P(P(P)P)P(P)P)B(P(P(P)P)P(P)P)P(P(P)P)P(P)P)P(P(P)P)P(P)P)P(P(P)P)P(P)P. The summed E-state index contributed by atoms with van der Waals surface area (Å²) < 4.78 is 5.73. The van der Waals surface area contributed by atoms with Gasteiger partial charge in [0.15, 0.2) is 30.2 Å². The number of aryl methyl sites for hydroxylation is 1. The Kier molecular flexibility index (Phi) is 108. The van der Waals surface area contributed by atoms with Crippen LogP contribution in [0.2, 0.25) is 0 Å². The van der Waals surface area contributed by atoms with Crippen molar-refractivity contribution in [2.24, 2.45) is 5.73 Å². The Morgan fingerprint density at radius 1 is 0.311 bits per heavy atom. The molecule has 0 bridgehead atoms. The van der Waals surface area contributed by atoms with Gasteiger partial charge >= 0.3 is 5.97 Å². The fourth-order valence-corrected chi connectivity index (χ4v) is 763. The van der Waals surface area contributed by atoms with E-state index in [4.69, 9.17) is 15.6 Å². The number of aliphatic carboxylic acids is 1. The van der Waals surface area contributed by atoms with Gasteiger partial charge in [-0.15, -0.1) is 446 Å². The Morgan fingerprint density at radius 2 is 0.521 bits per heavy atom. The Labute approximate surface area is 888 Å². The summed E-state index contributed by atoms with van der Waals surface area (Å²) in [5, 5.41) is 8.76. The summed E-state index contributed by atoms with van der Waals surface area (Å²) in [5.74, 6) is 0.467. The molecule has 0 spiro atoms. The molecule has 0 saturated carbocycles.